The van der Waals surface area contributed by atoms with Crippen molar-refractivity contribution in [3.63, 3.8) is 0 Å². The Kier molecular flexibility index (Phi) is 14.7. The van der Waals surface area contributed by atoms with Crippen LogP contribution < -0.4 is 18.9 Å². The van der Waals surface area contributed by atoms with Gasteiger partial charge in [-0.2, -0.15) is 8.42 Å². The minimum atomic E-state index is -4.82. The van der Waals surface area contributed by atoms with Crippen molar-refractivity contribution in [3.05, 3.63) is 191 Å². The second-order valence-corrected chi connectivity index (χ2v) is 20.2. The maximum absolute atomic E-state index is 13.7. The molecule has 1 fully saturated rings. The van der Waals surface area contributed by atoms with Gasteiger partial charge in [-0.15, -0.1) is 4.33 Å². The Labute approximate surface area is 398 Å². The van der Waals surface area contributed by atoms with E-state index in [9.17, 15) is 26.2 Å². The third kappa shape index (κ3) is 10.9. The van der Waals surface area contributed by atoms with Crippen LogP contribution in [0.15, 0.2) is 177 Å². The van der Waals surface area contributed by atoms with E-state index >= 15 is 0 Å². The molecule has 0 saturated heterocycles. The maximum Gasteiger partial charge on any atom is 0.298 e. The van der Waals surface area contributed by atoms with Crippen LogP contribution in [-0.4, -0.2) is 39.5 Å². The van der Waals surface area contributed by atoms with Crippen molar-refractivity contribution >= 4 is 37.8 Å². The van der Waals surface area contributed by atoms with Crippen molar-refractivity contribution < 1.29 is 59.8 Å². The smallest absolute Gasteiger partial charge is 0.298 e. The number of ether oxygens (including phenoxy) is 4. The van der Waals surface area contributed by atoms with E-state index in [-0.39, 0.29) is 44.4 Å². The number of methoxy groups -OCH3 is 1. The van der Waals surface area contributed by atoms with Gasteiger partial charge in [0.1, 0.15) is 46.0 Å². The molecule has 0 heterocycles. The summed E-state index contributed by atoms with van der Waals surface area (Å²) in [6.45, 7) is 1.96. The molecule has 0 aliphatic heterocycles. The summed E-state index contributed by atoms with van der Waals surface area (Å²) in [5.41, 5.74) is 3.74. The molecule has 1 aliphatic carbocycles. The van der Waals surface area contributed by atoms with Crippen molar-refractivity contribution in [1.82, 2.24) is 0 Å². The van der Waals surface area contributed by atoms with E-state index in [1.807, 2.05) is 31.2 Å². The summed E-state index contributed by atoms with van der Waals surface area (Å²) in [7, 11) is -6.98. The quantitative estimate of drug-likeness (QED) is 0.0272. The molecule has 0 aromatic heterocycles. The van der Waals surface area contributed by atoms with E-state index in [0.717, 1.165) is 54.9 Å². The molecule has 350 valence electrons. The molecule has 8 rings (SSSR count). The molecule has 0 radical (unpaired) electrons. The molecule has 16 heteroatoms. The van der Waals surface area contributed by atoms with Crippen molar-refractivity contribution in [2.45, 2.75) is 70.6 Å². The number of benzene rings is 7. The van der Waals surface area contributed by atoms with Gasteiger partial charge in [0.15, 0.2) is 5.78 Å². The summed E-state index contributed by atoms with van der Waals surface area (Å²) in [6.07, 6.45) is 5.20. The van der Waals surface area contributed by atoms with Gasteiger partial charge in [0.25, 0.3) is 10.1 Å². The molecule has 2 N–H and O–H groups in total. The topological polar surface area (TPSA) is 181 Å². The minimum Gasteiger partial charge on any atom is -0.497 e. The Balaban J connectivity index is 0.947. The summed E-state index contributed by atoms with van der Waals surface area (Å²) in [5, 5.41) is 12.8. The fourth-order valence-corrected chi connectivity index (χ4v) is 10.7. The lowest BCUT2D eigenvalue weighted by Gasteiger charge is -2.38. The van der Waals surface area contributed by atoms with Gasteiger partial charge in [0.2, 0.25) is 9.84 Å². The third-order valence-corrected chi connectivity index (χ3v) is 15.2. The van der Waals surface area contributed by atoms with E-state index < -0.39 is 30.6 Å². The molecule has 0 unspecified atom stereocenters. The second kappa shape index (κ2) is 20.8. The van der Waals surface area contributed by atoms with Crippen LogP contribution in [0.4, 0.5) is 0 Å². The van der Waals surface area contributed by atoms with Crippen LogP contribution in [0.3, 0.4) is 0 Å². The molecule has 0 amide bonds. The van der Waals surface area contributed by atoms with Gasteiger partial charge in [0.05, 0.1) is 28.9 Å². The normalized spacial score (nSPS) is 13.6. The predicted octanol–water partition coefficient (Wildman–Crippen LogP) is 12.2. The summed E-state index contributed by atoms with van der Waals surface area (Å²) in [4.78, 5) is 13.9. The standard InChI is InChI=1S/C52H46O13S3/c1-35-6-25-46(26-7-35)67(55,56)47-27-23-44(24-28-47)62-43-17-13-40(14-18-43)52(30-4-3-5-31-52)39-11-15-42(16-12-39)61-34-38-9-8-36(32-49(38)66-65-64-54)51(53)37-10-29-48(50(33-37)68(57,58)59)63-45-21-19-41(60-2)20-22-45/h6-29,32-33,54H,3-5,30-31,34H2,1-2H3,(H,57,58,59). The van der Waals surface area contributed by atoms with E-state index in [4.69, 9.17) is 28.5 Å². The zero-order valence-electron chi connectivity index (χ0n) is 36.9. The van der Waals surface area contributed by atoms with Gasteiger partial charge in [-0.25, -0.2) is 13.7 Å². The Hall–Kier alpha value is -6.50. The number of hydrogen-bond acceptors (Lipinski definition) is 13. The van der Waals surface area contributed by atoms with Gasteiger partial charge < -0.3 is 18.9 Å². The van der Waals surface area contributed by atoms with Crippen LogP contribution in [0.25, 0.3) is 0 Å². The molecule has 0 bridgehead atoms. The number of ketones is 1. The lowest BCUT2D eigenvalue weighted by atomic mass is 9.65. The average molecular weight is 975 g/mol. The Bertz CT molecular complexity index is 3100. The average Bonchev–Trinajstić information content (AvgIpc) is 3.36. The summed E-state index contributed by atoms with van der Waals surface area (Å²) in [6, 6.07) is 44.0. The Morgan fingerprint density at radius 3 is 1.72 bits per heavy atom. The van der Waals surface area contributed by atoms with E-state index in [1.165, 1.54) is 25.3 Å². The van der Waals surface area contributed by atoms with Crippen molar-refractivity contribution in [2.24, 2.45) is 0 Å². The second-order valence-electron chi connectivity index (χ2n) is 16.2. The first kappa shape index (κ1) is 48.0. The molecule has 68 heavy (non-hydrogen) atoms. The van der Waals surface area contributed by atoms with Crippen molar-refractivity contribution in [3.8, 4) is 34.5 Å². The fraction of sp³-hybridized carbons (Fsp3) is 0.173. The number of hydrogen-bond donors (Lipinski definition) is 2. The van der Waals surface area contributed by atoms with E-state index in [1.54, 1.807) is 84.9 Å². The summed E-state index contributed by atoms with van der Waals surface area (Å²) < 4.78 is 89.2. The molecular formula is C52H46O13S3. The predicted molar refractivity (Wildman–Crippen MR) is 254 cm³/mol. The molecule has 13 nitrogen and oxygen atoms in total. The lowest BCUT2D eigenvalue weighted by molar-refractivity contribution is -0.432. The van der Waals surface area contributed by atoms with Gasteiger partial charge in [0, 0.05) is 27.0 Å². The Morgan fingerprint density at radius 1 is 0.618 bits per heavy atom. The first-order chi connectivity index (χ1) is 32.7. The number of sulfone groups is 1. The molecule has 1 saturated carbocycles. The highest BCUT2D eigenvalue weighted by Crippen LogP contribution is 2.46. The van der Waals surface area contributed by atoms with Gasteiger partial charge in [-0.3, -0.25) is 9.35 Å². The van der Waals surface area contributed by atoms with Crippen LogP contribution >= 0.6 is 12.0 Å². The largest absolute Gasteiger partial charge is 0.497 e. The fourth-order valence-electron chi connectivity index (χ4n) is 8.27. The molecule has 7 aromatic carbocycles. The van der Waals surface area contributed by atoms with Gasteiger partial charge in [-0.05, 0) is 140 Å². The molecule has 0 atom stereocenters. The highest BCUT2D eigenvalue weighted by Gasteiger charge is 2.36. The highest BCUT2D eigenvalue weighted by atomic mass is 32.2. The number of carbonyl (C=O) groups excluding carboxylic acids is 1. The zero-order valence-corrected chi connectivity index (χ0v) is 39.3. The monoisotopic (exact) mass is 974 g/mol. The summed E-state index contributed by atoms with van der Waals surface area (Å²) >= 11 is 0.643. The first-order valence-electron chi connectivity index (χ1n) is 21.5. The lowest BCUT2D eigenvalue weighted by Crippen LogP contribution is -2.30. The Morgan fingerprint density at radius 2 is 1.13 bits per heavy atom. The minimum absolute atomic E-state index is 0.0455. The van der Waals surface area contributed by atoms with Crippen LogP contribution in [0.1, 0.15) is 70.3 Å². The first-order valence-corrected chi connectivity index (χ1v) is 25.1. The van der Waals surface area contributed by atoms with Crippen molar-refractivity contribution in [1.29, 1.82) is 0 Å². The molecule has 0 spiro atoms. The number of rotatable bonds is 18. The van der Waals surface area contributed by atoms with Crippen LogP contribution in [0.5, 0.6) is 34.5 Å². The van der Waals surface area contributed by atoms with Crippen molar-refractivity contribution in [2.75, 3.05) is 7.11 Å². The summed E-state index contributed by atoms with van der Waals surface area (Å²) in [5.74, 6) is 1.81. The van der Waals surface area contributed by atoms with Gasteiger partial charge in [-0.1, -0.05) is 78.4 Å². The zero-order chi connectivity index (χ0) is 47.9. The third-order valence-electron chi connectivity index (χ3n) is 11.9. The van der Waals surface area contributed by atoms with Crippen LogP contribution in [-0.2, 0) is 41.3 Å². The van der Waals surface area contributed by atoms with Crippen LogP contribution in [0.2, 0.25) is 0 Å². The van der Waals surface area contributed by atoms with Crippen LogP contribution in [0, 0.1) is 6.92 Å². The van der Waals surface area contributed by atoms with Gasteiger partial charge >= 0.3 is 0 Å². The van der Waals surface area contributed by atoms with E-state index in [0.29, 0.717) is 45.5 Å². The number of carbonyl (C=O) groups is 1. The molecule has 7 aromatic rings. The molecular weight excluding hydrogens is 929 g/mol. The SMILES string of the molecule is COc1ccc(Oc2ccc(C(=O)c3ccc(COc4ccc(C5(c6ccc(Oc7ccc(S(=O)(=O)c8ccc(C)cc8)cc7)cc6)CCCCC5)cc4)c(SOOO)c3)cc2S(=O)(=O)O)cc1. The highest BCUT2D eigenvalue weighted by molar-refractivity contribution is 7.94. The van der Waals surface area contributed by atoms with E-state index in [2.05, 4.69) is 29.3 Å². The maximum atomic E-state index is 13.7. The molecule has 1 aliphatic rings. The number of aryl methyl sites for hydroxylation is 1.